The predicted molar refractivity (Wildman–Crippen MR) is 131 cm³/mol. The maximum atomic E-state index is 8.58. The van der Waals surface area contributed by atoms with E-state index in [2.05, 4.69) is 52.5 Å². The van der Waals surface area contributed by atoms with Crippen LogP contribution < -0.4 is 16.0 Å². The van der Waals surface area contributed by atoms with Gasteiger partial charge in [0.2, 0.25) is 6.41 Å². The summed E-state index contributed by atoms with van der Waals surface area (Å²) in [6.07, 6.45) is 10.0. The molecule has 0 unspecified atom stereocenters. The molecule has 0 atom stereocenters. The minimum atomic E-state index is 0.131. The van der Waals surface area contributed by atoms with Crippen molar-refractivity contribution in [2.45, 2.75) is 49.3 Å². The lowest BCUT2D eigenvalue weighted by molar-refractivity contribution is -0.106. The van der Waals surface area contributed by atoms with Gasteiger partial charge in [0.1, 0.15) is 5.82 Å². The monoisotopic (exact) mass is 455 g/mol. The topological polar surface area (TPSA) is 93.4 Å². The minimum Gasteiger partial charge on any atom is -0.382 e. The van der Waals surface area contributed by atoms with Crippen LogP contribution in [0.25, 0.3) is 11.4 Å². The molecule has 5 rings (SSSR count). The van der Waals surface area contributed by atoms with Crippen molar-refractivity contribution in [2.24, 2.45) is 5.73 Å². The SMILES string of the molecule is CSC1(c2cc(N3CCOCC3)nc(-c3ccc(NC4CC4)cc3)n2)CCCC1.NC=O. The fourth-order valence-corrected chi connectivity index (χ4v) is 5.45. The number of ether oxygens (including phenoxy) is 1. The standard InChI is InChI=1S/C23H30N4OS.CH3NO/c1-29-23(10-2-3-11-23)20-16-21(27-12-14-28-15-13-27)26-22(25-20)17-4-6-18(7-5-17)24-19-8-9-19;2-1-3/h4-7,16,19,24H,2-3,8-15H2,1H3;1H,(H2,2,3). The van der Waals surface area contributed by atoms with E-state index in [9.17, 15) is 0 Å². The summed E-state index contributed by atoms with van der Waals surface area (Å²) in [5.41, 5.74) is 7.66. The fraction of sp³-hybridized carbons (Fsp3) is 0.542. The molecule has 0 radical (unpaired) electrons. The number of anilines is 2. The van der Waals surface area contributed by atoms with E-state index in [0.29, 0.717) is 6.04 Å². The molecule has 1 amide bonds. The third kappa shape index (κ3) is 5.35. The molecule has 0 bridgehead atoms. The molecule has 3 N–H and O–H groups in total. The Kier molecular flexibility index (Phi) is 7.52. The van der Waals surface area contributed by atoms with Gasteiger partial charge in [-0.25, -0.2) is 9.97 Å². The van der Waals surface area contributed by atoms with Crippen LogP contribution in [0.2, 0.25) is 0 Å². The Morgan fingerprint density at radius 2 is 1.81 bits per heavy atom. The van der Waals surface area contributed by atoms with Crippen LogP contribution in [0.15, 0.2) is 30.3 Å². The summed E-state index contributed by atoms with van der Waals surface area (Å²) in [5.74, 6) is 1.90. The third-order valence-electron chi connectivity index (χ3n) is 6.41. The quantitative estimate of drug-likeness (QED) is 0.640. The summed E-state index contributed by atoms with van der Waals surface area (Å²) in [5, 5.41) is 3.56. The molecule has 32 heavy (non-hydrogen) atoms. The van der Waals surface area contributed by atoms with Crippen molar-refractivity contribution in [1.82, 2.24) is 9.97 Å². The first-order valence-electron chi connectivity index (χ1n) is 11.5. The first kappa shape index (κ1) is 22.9. The molecule has 3 aliphatic rings. The van der Waals surface area contributed by atoms with Crippen molar-refractivity contribution in [3.05, 3.63) is 36.0 Å². The molecule has 1 aliphatic heterocycles. The summed E-state index contributed by atoms with van der Waals surface area (Å²) in [6, 6.07) is 11.6. The van der Waals surface area contributed by atoms with Gasteiger partial charge >= 0.3 is 0 Å². The highest BCUT2D eigenvalue weighted by molar-refractivity contribution is 7.99. The Bertz CT molecular complexity index is 892. The normalized spacial score (nSPS) is 19.7. The van der Waals surface area contributed by atoms with E-state index in [-0.39, 0.29) is 11.2 Å². The van der Waals surface area contributed by atoms with E-state index in [1.54, 1.807) is 0 Å². The first-order chi connectivity index (χ1) is 15.7. The minimum absolute atomic E-state index is 0.131. The highest BCUT2D eigenvalue weighted by Gasteiger charge is 2.37. The van der Waals surface area contributed by atoms with Crippen molar-refractivity contribution in [3.63, 3.8) is 0 Å². The average Bonchev–Trinajstić information content (AvgIpc) is 3.52. The van der Waals surface area contributed by atoms with Crippen LogP contribution >= 0.6 is 11.8 Å². The molecule has 8 heteroatoms. The molecule has 2 aliphatic carbocycles. The molecular weight excluding hydrogens is 422 g/mol. The van der Waals surface area contributed by atoms with Crippen molar-refractivity contribution >= 4 is 29.7 Å². The zero-order valence-corrected chi connectivity index (χ0v) is 19.6. The Labute approximate surface area is 194 Å². The molecular formula is C24H33N5O2S. The smallest absolute Gasteiger partial charge is 0.204 e. The van der Waals surface area contributed by atoms with Gasteiger partial charge in [0.25, 0.3) is 0 Å². The van der Waals surface area contributed by atoms with Gasteiger partial charge in [-0.15, -0.1) is 0 Å². The number of nitrogens with zero attached hydrogens (tertiary/aromatic N) is 3. The molecule has 3 fully saturated rings. The van der Waals surface area contributed by atoms with Gasteiger partial charge in [-0.3, -0.25) is 4.79 Å². The van der Waals surface area contributed by atoms with Crippen LogP contribution in [-0.4, -0.2) is 55.0 Å². The van der Waals surface area contributed by atoms with Gasteiger partial charge in [0, 0.05) is 36.4 Å². The van der Waals surface area contributed by atoms with Gasteiger partial charge in [-0.05, 0) is 56.2 Å². The predicted octanol–water partition coefficient (Wildman–Crippen LogP) is 3.79. The Morgan fingerprint density at radius 3 is 2.41 bits per heavy atom. The average molecular weight is 456 g/mol. The Hall–Kier alpha value is -2.32. The number of benzene rings is 1. The van der Waals surface area contributed by atoms with Gasteiger partial charge in [0.15, 0.2) is 5.82 Å². The number of carbonyl (C=O) groups excluding carboxylic acids is 1. The number of primary amides is 1. The van der Waals surface area contributed by atoms with E-state index in [0.717, 1.165) is 43.5 Å². The lowest BCUT2D eigenvalue weighted by Gasteiger charge is -2.31. The van der Waals surface area contributed by atoms with Crippen molar-refractivity contribution in [1.29, 1.82) is 0 Å². The maximum absolute atomic E-state index is 8.58. The first-order valence-corrected chi connectivity index (χ1v) is 12.7. The van der Waals surface area contributed by atoms with Gasteiger partial charge < -0.3 is 20.7 Å². The molecule has 2 heterocycles. The third-order valence-corrected chi connectivity index (χ3v) is 7.81. The second-order valence-corrected chi connectivity index (χ2v) is 9.76. The molecule has 172 valence electrons. The van der Waals surface area contributed by atoms with Crippen LogP contribution in [0.5, 0.6) is 0 Å². The number of rotatable bonds is 6. The largest absolute Gasteiger partial charge is 0.382 e. The highest BCUT2D eigenvalue weighted by atomic mass is 32.2. The van der Waals surface area contributed by atoms with E-state index in [4.69, 9.17) is 19.5 Å². The molecule has 2 saturated carbocycles. The molecule has 2 aromatic rings. The highest BCUT2D eigenvalue weighted by Crippen LogP contribution is 2.48. The number of aromatic nitrogens is 2. The summed E-state index contributed by atoms with van der Waals surface area (Å²) in [6.45, 7) is 3.33. The number of amides is 1. The van der Waals surface area contributed by atoms with E-state index in [1.165, 1.54) is 49.9 Å². The van der Waals surface area contributed by atoms with Crippen LogP contribution in [-0.2, 0) is 14.3 Å². The lowest BCUT2D eigenvalue weighted by Crippen LogP contribution is -2.37. The number of hydrogen-bond acceptors (Lipinski definition) is 7. The second-order valence-electron chi connectivity index (χ2n) is 8.57. The van der Waals surface area contributed by atoms with Crippen LogP contribution in [0.1, 0.15) is 44.2 Å². The fourth-order valence-electron chi connectivity index (χ4n) is 4.44. The maximum Gasteiger partial charge on any atom is 0.204 e. The molecule has 1 saturated heterocycles. The van der Waals surface area contributed by atoms with Crippen LogP contribution in [0.4, 0.5) is 11.5 Å². The van der Waals surface area contributed by atoms with E-state index >= 15 is 0 Å². The van der Waals surface area contributed by atoms with E-state index in [1.807, 2.05) is 11.8 Å². The summed E-state index contributed by atoms with van der Waals surface area (Å²) >= 11 is 1.96. The van der Waals surface area contributed by atoms with Crippen molar-refractivity contribution < 1.29 is 9.53 Å². The number of hydrogen-bond donors (Lipinski definition) is 2. The number of thioether (sulfide) groups is 1. The van der Waals surface area contributed by atoms with Crippen molar-refractivity contribution in [2.75, 3.05) is 42.8 Å². The van der Waals surface area contributed by atoms with Crippen molar-refractivity contribution in [3.8, 4) is 11.4 Å². The second kappa shape index (κ2) is 10.5. The summed E-state index contributed by atoms with van der Waals surface area (Å²) in [7, 11) is 0. The Morgan fingerprint density at radius 1 is 1.16 bits per heavy atom. The van der Waals surface area contributed by atoms with Crippen LogP contribution in [0, 0.1) is 0 Å². The molecule has 7 nitrogen and oxygen atoms in total. The lowest BCUT2D eigenvalue weighted by atomic mass is 10.0. The molecule has 0 spiro atoms. The van der Waals surface area contributed by atoms with Crippen LogP contribution in [0.3, 0.4) is 0 Å². The zero-order valence-electron chi connectivity index (χ0n) is 18.8. The van der Waals surface area contributed by atoms with Gasteiger partial charge in [-0.1, -0.05) is 12.8 Å². The number of carbonyl (C=O) groups is 1. The van der Waals surface area contributed by atoms with E-state index < -0.39 is 0 Å². The molecule has 1 aromatic carbocycles. The number of morpholine rings is 1. The zero-order chi connectivity index (χ0) is 22.4. The summed E-state index contributed by atoms with van der Waals surface area (Å²) in [4.78, 5) is 21.0. The summed E-state index contributed by atoms with van der Waals surface area (Å²) < 4.78 is 5.69. The van der Waals surface area contributed by atoms with Gasteiger partial charge in [-0.2, -0.15) is 11.8 Å². The Balaban J connectivity index is 0.000000775. The number of nitrogens with one attached hydrogen (secondary N) is 1. The molecule has 1 aromatic heterocycles. The van der Waals surface area contributed by atoms with Gasteiger partial charge in [0.05, 0.1) is 23.7 Å². The number of nitrogens with two attached hydrogens (primary N) is 1.